The molecule has 0 aliphatic heterocycles. The number of nitro benzene ring substituents is 1. The zero-order chi connectivity index (χ0) is 24.9. The lowest BCUT2D eigenvalue weighted by molar-refractivity contribution is -0.384. The second-order valence-electron chi connectivity index (χ2n) is 8.01. The van der Waals surface area contributed by atoms with Crippen molar-refractivity contribution in [2.75, 3.05) is 0 Å². The van der Waals surface area contributed by atoms with Gasteiger partial charge in [-0.3, -0.25) is 10.1 Å². The minimum Gasteiger partial charge on any atom is -0.489 e. The van der Waals surface area contributed by atoms with E-state index in [9.17, 15) is 19.8 Å². The number of allylic oxidation sites excluding steroid dienone is 1. The smallest absolute Gasteiger partial charge is 0.270 e. The third kappa shape index (κ3) is 5.12. The highest BCUT2D eigenvalue weighted by atomic mass is 19.1. The molecule has 0 spiro atoms. The zero-order valence-corrected chi connectivity index (χ0v) is 19.2. The van der Waals surface area contributed by atoms with Gasteiger partial charge in [-0.2, -0.15) is 5.26 Å². The number of rotatable bonds is 7. The van der Waals surface area contributed by atoms with Crippen LogP contribution in [-0.2, 0) is 6.61 Å². The van der Waals surface area contributed by atoms with Crippen LogP contribution in [0.15, 0.2) is 78.9 Å². The van der Waals surface area contributed by atoms with Crippen LogP contribution in [0.5, 0.6) is 5.75 Å². The van der Waals surface area contributed by atoms with E-state index >= 15 is 0 Å². The van der Waals surface area contributed by atoms with Crippen molar-refractivity contribution in [1.29, 1.82) is 5.26 Å². The van der Waals surface area contributed by atoms with E-state index in [4.69, 9.17) is 4.74 Å². The van der Waals surface area contributed by atoms with E-state index in [0.717, 1.165) is 22.6 Å². The first-order valence-corrected chi connectivity index (χ1v) is 10.9. The Balaban J connectivity index is 1.59. The second-order valence-corrected chi connectivity index (χ2v) is 8.01. The van der Waals surface area contributed by atoms with Crippen molar-refractivity contribution < 1.29 is 14.1 Å². The molecule has 6 nitrogen and oxygen atoms in total. The minimum absolute atomic E-state index is 0.0635. The first kappa shape index (κ1) is 23.5. The van der Waals surface area contributed by atoms with Gasteiger partial charge >= 0.3 is 0 Å². The standard InChI is InChI=1S/C28H22FN3O3/c1-19-14-23(15-24(17-30)21-7-5-8-26(16-21)32(33)34)20(2)31(19)25-10-12-27(13-11-25)35-18-22-6-3-4-9-28(22)29/h3-16H,18H2,1-2H3/b24-15-. The fourth-order valence-corrected chi connectivity index (χ4v) is 3.92. The van der Waals surface area contributed by atoms with Crippen molar-refractivity contribution in [2.24, 2.45) is 0 Å². The molecule has 0 saturated heterocycles. The molecule has 3 aromatic carbocycles. The van der Waals surface area contributed by atoms with Crippen LogP contribution in [-0.4, -0.2) is 9.49 Å². The van der Waals surface area contributed by atoms with Crippen LogP contribution < -0.4 is 4.74 Å². The fraction of sp³-hybridized carbons (Fsp3) is 0.107. The molecule has 4 aromatic rings. The number of aryl methyl sites for hydroxylation is 1. The monoisotopic (exact) mass is 467 g/mol. The third-order valence-electron chi connectivity index (χ3n) is 5.71. The fourth-order valence-electron chi connectivity index (χ4n) is 3.92. The van der Waals surface area contributed by atoms with Crippen molar-refractivity contribution in [3.63, 3.8) is 0 Å². The topological polar surface area (TPSA) is 81.1 Å². The van der Waals surface area contributed by atoms with Gasteiger partial charge in [-0.15, -0.1) is 0 Å². The summed E-state index contributed by atoms with van der Waals surface area (Å²) in [6.45, 7) is 4.05. The molecular formula is C28H22FN3O3. The van der Waals surface area contributed by atoms with Gasteiger partial charge in [0.25, 0.3) is 5.69 Å². The average molecular weight is 468 g/mol. The normalized spacial score (nSPS) is 11.2. The van der Waals surface area contributed by atoms with Crippen LogP contribution in [0.4, 0.5) is 10.1 Å². The molecule has 1 heterocycles. The van der Waals surface area contributed by atoms with Crippen molar-refractivity contribution in [3.8, 4) is 17.5 Å². The molecule has 0 atom stereocenters. The number of benzene rings is 3. The highest BCUT2D eigenvalue weighted by molar-refractivity contribution is 5.90. The Morgan fingerprint density at radius 3 is 2.51 bits per heavy atom. The molecular weight excluding hydrogens is 445 g/mol. The Kier molecular flexibility index (Phi) is 6.74. The molecule has 0 unspecified atom stereocenters. The van der Waals surface area contributed by atoms with Gasteiger partial charge in [0.15, 0.2) is 0 Å². The van der Waals surface area contributed by atoms with Crippen LogP contribution >= 0.6 is 0 Å². The Labute approximate surface area is 202 Å². The molecule has 35 heavy (non-hydrogen) atoms. The van der Waals surface area contributed by atoms with Gasteiger partial charge in [0.05, 0.1) is 16.6 Å². The first-order chi connectivity index (χ1) is 16.9. The Hall–Kier alpha value is -4.70. The number of hydrogen-bond donors (Lipinski definition) is 0. The minimum atomic E-state index is -0.478. The Bertz CT molecular complexity index is 1460. The molecule has 7 heteroatoms. The summed E-state index contributed by atoms with van der Waals surface area (Å²) in [7, 11) is 0. The molecule has 0 aliphatic rings. The summed E-state index contributed by atoms with van der Waals surface area (Å²) < 4.78 is 21.6. The summed E-state index contributed by atoms with van der Waals surface area (Å²) >= 11 is 0. The van der Waals surface area contributed by atoms with Crippen molar-refractivity contribution in [3.05, 3.63) is 123 Å². The SMILES string of the molecule is Cc1cc(/C=C(/C#N)c2cccc([N+](=O)[O-])c2)c(C)n1-c1ccc(OCc2ccccc2F)cc1. The van der Waals surface area contributed by atoms with Crippen LogP contribution in [0.25, 0.3) is 17.3 Å². The Morgan fingerprint density at radius 1 is 1.09 bits per heavy atom. The number of halogens is 1. The maximum absolute atomic E-state index is 13.8. The summed E-state index contributed by atoms with van der Waals surface area (Å²) in [5, 5.41) is 20.8. The van der Waals surface area contributed by atoms with E-state index in [1.165, 1.54) is 18.2 Å². The van der Waals surface area contributed by atoms with E-state index in [2.05, 4.69) is 10.6 Å². The van der Waals surface area contributed by atoms with Gasteiger partial charge in [-0.05, 0) is 67.4 Å². The van der Waals surface area contributed by atoms with E-state index in [1.807, 2.05) is 44.2 Å². The molecule has 0 bridgehead atoms. The van der Waals surface area contributed by atoms with Crippen molar-refractivity contribution >= 4 is 17.3 Å². The maximum Gasteiger partial charge on any atom is 0.270 e. The van der Waals surface area contributed by atoms with E-state index in [-0.39, 0.29) is 18.1 Å². The second kappa shape index (κ2) is 10.1. The number of ether oxygens (including phenoxy) is 1. The zero-order valence-electron chi connectivity index (χ0n) is 19.2. The number of aromatic nitrogens is 1. The summed E-state index contributed by atoms with van der Waals surface area (Å²) in [6, 6.07) is 24.1. The van der Waals surface area contributed by atoms with E-state index in [0.29, 0.717) is 22.4 Å². The number of nitrogens with zero attached hydrogens (tertiary/aromatic N) is 3. The van der Waals surface area contributed by atoms with Gasteiger partial charge in [-0.1, -0.05) is 30.3 Å². The largest absolute Gasteiger partial charge is 0.489 e. The third-order valence-corrected chi connectivity index (χ3v) is 5.71. The number of non-ortho nitro benzene ring substituents is 1. The maximum atomic E-state index is 13.8. The van der Waals surface area contributed by atoms with Crippen LogP contribution in [0.2, 0.25) is 0 Å². The van der Waals surface area contributed by atoms with Gasteiger partial charge in [-0.25, -0.2) is 4.39 Å². The van der Waals surface area contributed by atoms with Gasteiger partial charge in [0.2, 0.25) is 0 Å². The average Bonchev–Trinajstić information content (AvgIpc) is 3.14. The molecule has 0 fully saturated rings. The van der Waals surface area contributed by atoms with Crippen molar-refractivity contribution in [2.45, 2.75) is 20.5 Å². The quantitative estimate of drug-likeness (QED) is 0.170. The van der Waals surface area contributed by atoms with Crippen LogP contribution in [0.1, 0.15) is 28.1 Å². The predicted molar refractivity (Wildman–Crippen MR) is 133 cm³/mol. The summed E-state index contributed by atoms with van der Waals surface area (Å²) in [5.41, 5.74) is 4.88. The highest BCUT2D eigenvalue weighted by Gasteiger charge is 2.13. The predicted octanol–water partition coefficient (Wildman–Crippen LogP) is 6.78. The molecule has 0 amide bonds. The summed E-state index contributed by atoms with van der Waals surface area (Å²) in [5.74, 6) is 0.321. The van der Waals surface area contributed by atoms with Gasteiger partial charge < -0.3 is 9.30 Å². The molecule has 4 rings (SSSR count). The number of nitro groups is 1. The lowest BCUT2D eigenvalue weighted by Crippen LogP contribution is -2.01. The number of hydrogen-bond acceptors (Lipinski definition) is 4. The molecule has 174 valence electrons. The molecule has 0 N–H and O–H groups in total. The summed E-state index contributed by atoms with van der Waals surface area (Å²) in [4.78, 5) is 10.6. The molecule has 0 saturated carbocycles. The lowest BCUT2D eigenvalue weighted by Gasteiger charge is -2.12. The molecule has 1 aromatic heterocycles. The summed E-state index contributed by atoms with van der Waals surface area (Å²) in [6.07, 6.45) is 1.74. The van der Waals surface area contributed by atoms with Crippen LogP contribution in [0.3, 0.4) is 0 Å². The van der Waals surface area contributed by atoms with Gasteiger partial charge in [0.1, 0.15) is 18.2 Å². The highest BCUT2D eigenvalue weighted by Crippen LogP contribution is 2.27. The van der Waals surface area contributed by atoms with E-state index in [1.54, 1.807) is 36.4 Å². The van der Waals surface area contributed by atoms with Crippen LogP contribution in [0, 0.1) is 41.1 Å². The molecule has 0 aliphatic carbocycles. The first-order valence-electron chi connectivity index (χ1n) is 10.9. The Morgan fingerprint density at radius 2 is 1.83 bits per heavy atom. The molecule has 0 radical (unpaired) electrons. The van der Waals surface area contributed by atoms with E-state index < -0.39 is 4.92 Å². The lowest BCUT2D eigenvalue weighted by atomic mass is 10.0. The number of nitriles is 1. The van der Waals surface area contributed by atoms with Crippen molar-refractivity contribution in [1.82, 2.24) is 4.57 Å². The van der Waals surface area contributed by atoms with Gasteiger partial charge in [0, 0.05) is 34.8 Å².